The van der Waals surface area contributed by atoms with Crippen molar-refractivity contribution in [2.24, 2.45) is 0 Å². The zero-order chi connectivity index (χ0) is 17.2. The van der Waals surface area contributed by atoms with E-state index in [1.807, 2.05) is 6.07 Å². The zero-order valence-electron chi connectivity index (χ0n) is 14.8. The largest absolute Gasteiger partial charge is 0.382 e. The number of halogens is 1. The molecule has 2 aromatic carbocycles. The van der Waals surface area contributed by atoms with E-state index in [1.165, 1.54) is 5.69 Å². The number of benzene rings is 2. The summed E-state index contributed by atoms with van der Waals surface area (Å²) < 4.78 is 13.6. The van der Waals surface area contributed by atoms with E-state index in [2.05, 4.69) is 52.4 Å². The van der Waals surface area contributed by atoms with Gasteiger partial charge in [0.15, 0.2) is 0 Å². The van der Waals surface area contributed by atoms with Gasteiger partial charge in [-0.3, -0.25) is 4.90 Å². The third-order valence-corrected chi connectivity index (χ3v) is 5.65. The lowest BCUT2D eigenvalue weighted by Crippen LogP contribution is -2.47. The molecule has 2 aliphatic rings. The van der Waals surface area contributed by atoms with E-state index in [9.17, 15) is 4.39 Å². The second-order valence-corrected chi connectivity index (χ2v) is 7.22. The molecule has 0 bridgehead atoms. The van der Waals surface area contributed by atoms with Gasteiger partial charge in [-0.1, -0.05) is 18.2 Å². The Balaban J connectivity index is 1.32. The smallest absolute Gasteiger partial charge is 0.123 e. The number of piperazine rings is 1. The monoisotopic (exact) mass is 339 g/mol. The van der Waals surface area contributed by atoms with Crippen molar-refractivity contribution in [3.63, 3.8) is 0 Å². The van der Waals surface area contributed by atoms with Crippen LogP contribution < -0.4 is 10.2 Å². The molecule has 0 amide bonds. The van der Waals surface area contributed by atoms with E-state index in [0.717, 1.165) is 50.4 Å². The van der Waals surface area contributed by atoms with E-state index in [0.29, 0.717) is 12.0 Å². The molecular formula is C21H26FN3. The second kappa shape index (κ2) is 7.04. The third-order valence-electron chi connectivity index (χ3n) is 5.65. The molecule has 2 atom stereocenters. The Labute approximate surface area is 149 Å². The molecule has 0 aromatic heterocycles. The van der Waals surface area contributed by atoms with Gasteiger partial charge in [0.25, 0.3) is 0 Å². The first-order valence-electron chi connectivity index (χ1n) is 9.29. The van der Waals surface area contributed by atoms with Crippen LogP contribution in [0.5, 0.6) is 0 Å². The summed E-state index contributed by atoms with van der Waals surface area (Å²) in [5.41, 5.74) is 3.57. The van der Waals surface area contributed by atoms with Crippen molar-refractivity contribution in [3.05, 3.63) is 59.9 Å². The van der Waals surface area contributed by atoms with Crippen LogP contribution in [0.3, 0.4) is 0 Å². The van der Waals surface area contributed by atoms with Crippen molar-refractivity contribution >= 4 is 11.4 Å². The lowest BCUT2D eigenvalue weighted by molar-refractivity contribution is 0.247. The van der Waals surface area contributed by atoms with Gasteiger partial charge in [0.05, 0.1) is 0 Å². The zero-order valence-corrected chi connectivity index (χ0v) is 14.8. The van der Waals surface area contributed by atoms with Crippen molar-refractivity contribution < 1.29 is 4.39 Å². The summed E-state index contributed by atoms with van der Waals surface area (Å²) in [5.74, 6) is 0.272. The highest BCUT2D eigenvalue weighted by Gasteiger charge is 2.29. The average molecular weight is 339 g/mol. The Morgan fingerprint density at radius 2 is 1.80 bits per heavy atom. The number of nitrogens with zero attached hydrogens (tertiary/aromatic N) is 2. The van der Waals surface area contributed by atoms with Crippen LogP contribution >= 0.6 is 0 Å². The summed E-state index contributed by atoms with van der Waals surface area (Å²) in [6, 6.07) is 16.2. The highest BCUT2D eigenvalue weighted by atomic mass is 19.1. The van der Waals surface area contributed by atoms with E-state index >= 15 is 0 Å². The maximum Gasteiger partial charge on any atom is 0.123 e. The van der Waals surface area contributed by atoms with Crippen molar-refractivity contribution in [2.75, 3.05) is 42.9 Å². The van der Waals surface area contributed by atoms with Crippen LogP contribution in [0.15, 0.2) is 48.5 Å². The molecule has 132 valence electrons. The van der Waals surface area contributed by atoms with Gasteiger partial charge in [-0.15, -0.1) is 0 Å². The van der Waals surface area contributed by atoms with Gasteiger partial charge in [-0.05, 0) is 55.8 Å². The molecule has 1 fully saturated rings. The summed E-state index contributed by atoms with van der Waals surface area (Å²) in [5, 5.41) is 3.50. The molecule has 2 heterocycles. The molecule has 1 N–H and O–H groups in total. The van der Waals surface area contributed by atoms with E-state index in [1.54, 1.807) is 12.1 Å². The van der Waals surface area contributed by atoms with Gasteiger partial charge in [-0.25, -0.2) is 4.39 Å². The molecule has 0 aliphatic carbocycles. The summed E-state index contributed by atoms with van der Waals surface area (Å²) in [4.78, 5) is 5.00. The van der Waals surface area contributed by atoms with Crippen LogP contribution in [-0.2, 0) is 0 Å². The first-order chi connectivity index (χ1) is 12.2. The van der Waals surface area contributed by atoms with Crippen LogP contribution in [-0.4, -0.2) is 43.7 Å². The SMILES string of the molecule is C[C@@H]1Nc2ccc(F)cc2[C@@H]1CCN1CCN(c2ccccc2)CC1. The van der Waals surface area contributed by atoms with Crippen LogP contribution in [0.2, 0.25) is 0 Å². The van der Waals surface area contributed by atoms with Crippen molar-refractivity contribution in [1.82, 2.24) is 4.90 Å². The summed E-state index contributed by atoms with van der Waals surface area (Å²) in [6.45, 7) is 7.63. The number of hydrogen-bond acceptors (Lipinski definition) is 3. The molecule has 0 unspecified atom stereocenters. The van der Waals surface area contributed by atoms with Crippen LogP contribution in [0, 0.1) is 5.82 Å². The topological polar surface area (TPSA) is 18.5 Å². The standard InChI is InChI=1S/C21H26FN3/c1-16-19(20-15-17(22)7-8-21(20)23-16)9-10-24-11-13-25(14-12-24)18-5-3-2-4-6-18/h2-8,15-16,19,23H,9-14H2,1H3/t16-,19+/m0/s1. The van der Waals surface area contributed by atoms with Gasteiger partial charge in [0.2, 0.25) is 0 Å². The maximum atomic E-state index is 13.6. The van der Waals surface area contributed by atoms with Crippen molar-refractivity contribution in [1.29, 1.82) is 0 Å². The maximum absolute atomic E-state index is 13.6. The minimum atomic E-state index is -0.129. The number of nitrogens with one attached hydrogen (secondary N) is 1. The van der Waals surface area contributed by atoms with Gasteiger partial charge >= 0.3 is 0 Å². The molecule has 1 saturated heterocycles. The Bertz CT molecular complexity index is 710. The fraction of sp³-hybridized carbons (Fsp3) is 0.429. The molecule has 0 radical (unpaired) electrons. The summed E-state index contributed by atoms with van der Waals surface area (Å²) >= 11 is 0. The van der Waals surface area contributed by atoms with Crippen LogP contribution in [0.1, 0.15) is 24.8 Å². The van der Waals surface area contributed by atoms with Crippen molar-refractivity contribution in [2.45, 2.75) is 25.3 Å². The predicted octanol–water partition coefficient (Wildman–Crippen LogP) is 3.94. The Kier molecular flexibility index (Phi) is 4.62. The van der Waals surface area contributed by atoms with Crippen molar-refractivity contribution in [3.8, 4) is 0 Å². The van der Waals surface area contributed by atoms with Gasteiger partial charge in [-0.2, -0.15) is 0 Å². The number of hydrogen-bond donors (Lipinski definition) is 1. The van der Waals surface area contributed by atoms with Crippen LogP contribution in [0.4, 0.5) is 15.8 Å². The quantitative estimate of drug-likeness (QED) is 0.910. The number of rotatable bonds is 4. The lowest BCUT2D eigenvalue weighted by atomic mass is 9.92. The van der Waals surface area contributed by atoms with E-state index in [-0.39, 0.29) is 5.82 Å². The predicted molar refractivity (Wildman–Crippen MR) is 102 cm³/mol. The highest BCUT2D eigenvalue weighted by Crippen LogP contribution is 2.38. The lowest BCUT2D eigenvalue weighted by Gasteiger charge is -2.36. The fourth-order valence-corrected chi connectivity index (χ4v) is 4.18. The Hall–Kier alpha value is -2.07. The molecule has 2 aromatic rings. The second-order valence-electron chi connectivity index (χ2n) is 7.22. The molecule has 0 saturated carbocycles. The molecule has 4 rings (SSSR count). The van der Waals surface area contributed by atoms with Gasteiger partial charge in [0.1, 0.15) is 5.82 Å². The van der Waals surface area contributed by atoms with Gasteiger partial charge in [0, 0.05) is 49.5 Å². The third kappa shape index (κ3) is 3.49. The number of fused-ring (bicyclic) bond motifs is 1. The first kappa shape index (κ1) is 16.4. The number of anilines is 2. The summed E-state index contributed by atoms with van der Waals surface area (Å²) in [7, 11) is 0. The fourth-order valence-electron chi connectivity index (χ4n) is 4.18. The highest BCUT2D eigenvalue weighted by molar-refractivity contribution is 5.59. The normalized spacial score (nSPS) is 23.4. The first-order valence-corrected chi connectivity index (χ1v) is 9.29. The summed E-state index contributed by atoms with van der Waals surface area (Å²) in [6.07, 6.45) is 1.08. The molecule has 0 spiro atoms. The average Bonchev–Trinajstić information content (AvgIpc) is 2.96. The minimum absolute atomic E-state index is 0.129. The molecule has 2 aliphatic heterocycles. The number of para-hydroxylation sites is 1. The Morgan fingerprint density at radius 1 is 1.04 bits per heavy atom. The van der Waals surface area contributed by atoms with E-state index < -0.39 is 0 Å². The molecular weight excluding hydrogens is 313 g/mol. The molecule has 3 nitrogen and oxygen atoms in total. The van der Waals surface area contributed by atoms with E-state index in [4.69, 9.17) is 0 Å². The molecule has 25 heavy (non-hydrogen) atoms. The van der Waals surface area contributed by atoms with Crippen LogP contribution in [0.25, 0.3) is 0 Å². The molecule has 4 heteroatoms. The Morgan fingerprint density at radius 3 is 2.56 bits per heavy atom. The minimum Gasteiger partial charge on any atom is -0.382 e. The van der Waals surface area contributed by atoms with Gasteiger partial charge < -0.3 is 10.2 Å².